The molecule has 100 valence electrons. The first-order chi connectivity index (χ1) is 8.66. The molecule has 0 saturated heterocycles. The van der Waals surface area contributed by atoms with Gasteiger partial charge in [0.05, 0.1) is 0 Å². The molecule has 0 bridgehead atoms. The number of hydrogen-bond donors (Lipinski definition) is 2. The van der Waals surface area contributed by atoms with Gasteiger partial charge in [0, 0.05) is 25.8 Å². The predicted molar refractivity (Wildman–Crippen MR) is 71.7 cm³/mol. The summed E-state index contributed by atoms with van der Waals surface area (Å²) in [4.78, 5) is 16.2. The van der Waals surface area contributed by atoms with E-state index in [1.54, 1.807) is 0 Å². The molecule has 0 saturated carbocycles. The maximum atomic E-state index is 11.9. The molecule has 1 aliphatic heterocycles. The lowest BCUT2D eigenvalue weighted by Crippen LogP contribution is -2.25. The molecule has 2 heterocycles. The van der Waals surface area contributed by atoms with E-state index in [1.807, 2.05) is 10.8 Å². The van der Waals surface area contributed by atoms with Gasteiger partial charge < -0.3 is 15.2 Å². The van der Waals surface area contributed by atoms with Crippen LogP contribution in [-0.4, -0.2) is 28.5 Å². The minimum Gasteiger partial charge on any atom is -0.356 e. The number of hydrogen-bond acceptors (Lipinski definition) is 3. The minimum atomic E-state index is -0.0672. The fraction of sp³-hybridized carbons (Fsp3) is 0.692. The van der Waals surface area contributed by atoms with Crippen LogP contribution in [0.3, 0.4) is 0 Å². The van der Waals surface area contributed by atoms with Gasteiger partial charge in [-0.25, -0.2) is 4.98 Å². The second-order valence-electron chi connectivity index (χ2n) is 5.22. The Kier molecular flexibility index (Phi) is 4.23. The first-order valence-corrected chi connectivity index (χ1v) is 6.76. The van der Waals surface area contributed by atoms with Crippen molar-refractivity contribution >= 4 is 11.9 Å². The normalized spacial score (nSPS) is 14.2. The Morgan fingerprint density at radius 3 is 3.17 bits per heavy atom. The summed E-state index contributed by atoms with van der Waals surface area (Å²) < 4.78 is 2.01. The van der Waals surface area contributed by atoms with Crippen molar-refractivity contribution in [1.29, 1.82) is 0 Å². The first kappa shape index (κ1) is 12.9. The Morgan fingerprint density at radius 1 is 1.61 bits per heavy atom. The van der Waals surface area contributed by atoms with E-state index in [9.17, 15) is 4.79 Å². The van der Waals surface area contributed by atoms with E-state index in [4.69, 9.17) is 0 Å². The maximum absolute atomic E-state index is 11.9. The summed E-state index contributed by atoms with van der Waals surface area (Å²) in [7, 11) is 0. The van der Waals surface area contributed by atoms with Gasteiger partial charge in [-0.1, -0.05) is 13.8 Å². The molecular formula is C13H22N4O. The lowest BCUT2D eigenvalue weighted by Gasteiger charge is -2.14. The van der Waals surface area contributed by atoms with Crippen molar-refractivity contribution in [2.24, 2.45) is 5.92 Å². The van der Waals surface area contributed by atoms with E-state index in [0.29, 0.717) is 11.6 Å². The number of nitrogens with zero attached hydrogens (tertiary/aromatic N) is 2. The molecule has 1 aromatic rings. The molecule has 1 aliphatic rings. The molecule has 0 fully saturated rings. The molecular weight excluding hydrogens is 228 g/mol. The number of amides is 1. The van der Waals surface area contributed by atoms with Crippen LogP contribution >= 0.6 is 0 Å². The summed E-state index contributed by atoms with van der Waals surface area (Å²) in [5, 5.41) is 6.11. The molecule has 1 amide bonds. The molecule has 0 aliphatic carbocycles. The van der Waals surface area contributed by atoms with Gasteiger partial charge in [0.15, 0.2) is 0 Å². The number of fused-ring (bicyclic) bond motifs is 1. The van der Waals surface area contributed by atoms with Crippen LogP contribution in [0.5, 0.6) is 0 Å². The van der Waals surface area contributed by atoms with Gasteiger partial charge in [-0.2, -0.15) is 0 Å². The van der Waals surface area contributed by atoms with Crippen LogP contribution < -0.4 is 10.6 Å². The molecule has 5 nitrogen and oxygen atoms in total. The number of carbonyl (C=O) groups is 1. The fourth-order valence-electron chi connectivity index (χ4n) is 2.09. The number of carbonyl (C=O) groups excluding carboxylic acids is 1. The van der Waals surface area contributed by atoms with Crippen molar-refractivity contribution in [3.63, 3.8) is 0 Å². The van der Waals surface area contributed by atoms with E-state index < -0.39 is 0 Å². The number of aromatic nitrogens is 2. The van der Waals surface area contributed by atoms with E-state index in [2.05, 4.69) is 29.5 Å². The lowest BCUT2D eigenvalue weighted by molar-refractivity contribution is 0.0948. The van der Waals surface area contributed by atoms with E-state index >= 15 is 0 Å². The molecule has 2 N–H and O–H groups in total. The highest BCUT2D eigenvalue weighted by atomic mass is 16.1. The van der Waals surface area contributed by atoms with Crippen LogP contribution in [-0.2, 0) is 6.54 Å². The van der Waals surface area contributed by atoms with Gasteiger partial charge in [0.25, 0.3) is 5.91 Å². The molecule has 1 aromatic heterocycles. The highest BCUT2D eigenvalue weighted by Crippen LogP contribution is 2.13. The maximum Gasteiger partial charge on any atom is 0.271 e. The summed E-state index contributed by atoms with van der Waals surface area (Å²) >= 11 is 0. The Bertz CT molecular complexity index is 388. The van der Waals surface area contributed by atoms with Gasteiger partial charge in [-0.05, 0) is 25.2 Å². The molecule has 0 unspecified atom stereocenters. The van der Waals surface area contributed by atoms with E-state index in [-0.39, 0.29) is 5.91 Å². The number of nitrogens with one attached hydrogen (secondary N) is 2. The lowest BCUT2D eigenvalue weighted by atomic mass is 10.1. The number of aryl methyl sites for hydroxylation is 1. The van der Waals surface area contributed by atoms with Crippen LogP contribution in [0.25, 0.3) is 0 Å². The summed E-state index contributed by atoms with van der Waals surface area (Å²) in [6.07, 6.45) is 5.08. The monoisotopic (exact) mass is 250 g/mol. The van der Waals surface area contributed by atoms with Crippen LogP contribution in [0.4, 0.5) is 5.95 Å². The smallest absolute Gasteiger partial charge is 0.271 e. The quantitative estimate of drug-likeness (QED) is 0.784. The highest BCUT2D eigenvalue weighted by molar-refractivity contribution is 5.92. The van der Waals surface area contributed by atoms with Gasteiger partial charge in [-0.3, -0.25) is 4.79 Å². The summed E-state index contributed by atoms with van der Waals surface area (Å²) in [5.74, 6) is 1.43. The Hall–Kier alpha value is -1.52. The summed E-state index contributed by atoms with van der Waals surface area (Å²) in [6, 6.07) is 0. The predicted octanol–water partition coefficient (Wildman–Crippen LogP) is 1.86. The minimum absolute atomic E-state index is 0.0672. The third-order valence-corrected chi connectivity index (χ3v) is 3.11. The molecule has 5 heteroatoms. The summed E-state index contributed by atoms with van der Waals surface area (Å²) in [6.45, 7) is 6.99. The summed E-state index contributed by atoms with van der Waals surface area (Å²) in [5.41, 5.74) is 0.518. The zero-order valence-electron chi connectivity index (χ0n) is 11.2. The third kappa shape index (κ3) is 3.24. The van der Waals surface area contributed by atoms with Crippen molar-refractivity contribution in [3.05, 3.63) is 11.9 Å². The second-order valence-corrected chi connectivity index (χ2v) is 5.22. The highest BCUT2D eigenvalue weighted by Gasteiger charge is 2.15. The Morgan fingerprint density at radius 2 is 2.44 bits per heavy atom. The average Bonchev–Trinajstić information content (AvgIpc) is 2.78. The van der Waals surface area contributed by atoms with Crippen molar-refractivity contribution in [2.75, 3.05) is 18.4 Å². The van der Waals surface area contributed by atoms with E-state index in [1.165, 1.54) is 0 Å². The van der Waals surface area contributed by atoms with E-state index in [0.717, 1.165) is 44.8 Å². The SMILES string of the molecule is CC(C)CCCNC(=O)c1cn2c(n1)NCCC2. The van der Waals surface area contributed by atoms with Gasteiger partial charge in [0.1, 0.15) is 5.69 Å². The van der Waals surface area contributed by atoms with Crippen molar-refractivity contribution < 1.29 is 4.79 Å². The van der Waals surface area contributed by atoms with Crippen LogP contribution in [0.15, 0.2) is 6.20 Å². The van der Waals surface area contributed by atoms with Gasteiger partial charge in [0.2, 0.25) is 5.95 Å². The Labute approximate surface area is 108 Å². The standard InChI is InChI=1S/C13H22N4O/c1-10(2)5-3-6-14-12(18)11-9-17-8-4-7-15-13(17)16-11/h9-10H,3-8H2,1-2H3,(H,14,18)(H,15,16). The van der Waals surface area contributed by atoms with Crippen LogP contribution in [0.2, 0.25) is 0 Å². The molecule has 0 aromatic carbocycles. The topological polar surface area (TPSA) is 59.0 Å². The van der Waals surface area contributed by atoms with Crippen molar-refractivity contribution in [1.82, 2.24) is 14.9 Å². The van der Waals surface area contributed by atoms with Crippen LogP contribution in [0.1, 0.15) is 43.6 Å². The second kappa shape index (κ2) is 5.89. The first-order valence-electron chi connectivity index (χ1n) is 6.76. The van der Waals surface area contributed by atoms with Crippen molar-refractivity contribution in [2.45, 2.75) is 39.7 Å². The molecule has 2 rings (SSSR count). The molecule has 0 radical (unpaired) electrons. The fourth-order valence-corrected chi connectivity index (χ4v) is 2.09. The van der Waals surface area contributed by atoms with Gasteiger partial charge in [-0.15, -0.1) is 0 Å². The third-order valence-electron chi connectivity index (χ3n) is 3.11. The number of rotatable bonds is 5. The Balaban J connectivity index is 1.83. The van der Waals surface area contributed by atoms with Gasteiger partial charge >= 0.3 is 0 Å². The molecule has 0 atom stereocenters. The van der Waals surface area contributed by atoms with Crippen molar-refractivity contribution in [3.8, 4) is 0 Å². The molecule has 18 heavy (non-hydrogen) atoms. The zero-order chi connectivity index (χ0) is 13.0. The zero-order valence-corrected chi connectivity index (χ0v) is 11.2. The molecule has 0 spiro atoms. The number of anilines is 1. The average molecular weight is 250 g/mol. The largest absolute Gasteiger partial charge is 0.356 e. The number of imidazole rings is 1. The van der Waals surface area contributed by atoms with Crippen LogP contribution in [0, 0.1) is 5.92 Å².